The molecule has 1 saturated heterocycles. The number of hydrogen-bond acceptors (Lipinski definition) is 5. The van der Waals surface area contributed by atoms with Gasteiger partial charge in [-0.3, -0.25) is 10.1 Å². The molecule has 1 unspecified atom stereocenters. The van der Waals surface area contributed by atoms with Crippen molar-refractivity contribution < 1.29 is 14.8 Å². The van der Waals surface area contributed by atoms with Gasteiger partial charge in [-0.1, -0.05) is 0 Å². The number of benzene rings is 1. The Hall–Kier alpha value is -1.82. The van der Waals surface area contributed by atoms with Gasteiger partial charge in [0.15, 0.2) is 5.75 Å². The van der Waals surface area contributed by atoms with E-state index in [4.69, 9.17) is 4.74 Å². The summed E-state index contributed by atoms with van der Waals surface area (Å²) in [5.74, 6) is 0.302. The van der Waals surface area contributed by atoms with Crippen molar-refractivity contribution in [3.63, 3.8) is 0 Å². The minimum atomic E-state index is -0.627. The molecule has 21 heavy (non-hydrogen) atoms. The number of hydrogen-bond donors (Lipinski definition) is 1. The minimum Gasteiger partial charge on any atom is -0.487 e. The predicted molar refractivity (Wildman–Crippen MR) is 81.0 cm³/mol. The van der Waals surface area contributed by atoms with Gasteiger partial charge in [-0.05, 0) is 39.2 Å². The van der Waals surface area contributed by atoms with E-state index in [1.807, 2.05) is 6.92 Å². The van der Waals surface area contributed by atoms with Crippen molar-refractivity contribution in [2.75, 3.05) is 24.6 Å². The van der Waals surface area contributed by atoms with Gasteiger partial charge in [-0.25, -0.2) is 0 Å². The van der Waals surface area contributed by atoms with Gasteiger partial charge in [0.2, 0.25) is 0 Å². The Balaban J connectivity index is 2.23. The first-order valence-electron chi connectivity index (χ1n) is 7.31. The number of anilines is 1. The maximum atomic E-state index is 11.0. The van der Waals surface area contributed by atoms with Crippen LogP contribution in [0.5, 0.6) is 5.75 Å². The van der Waals surface area contributed by atoms with Gasteiger partial charge in [0.1, 0.15) is 0 Å². The van der Waals surface area contributed by atoms with Crippen LogP contribution in [0.4, 0.5) is 11.4 Å². The highest BCUT2D eigenvalue weighted by atomic mass is 16.6. The van der Waals surface area contributed by atoms with Crippen LogP contribution >= 0.6 is 0 Å². The molecule has 1 atom stereocenters. The molecule has 1 N–H and O–H groups in total. The Morgan fingerprint density at radius 2 is 2.19 bits per heavy atom. The normalized spacial score (nSPS) is 22.7. The van der Waals surface area contributed by atoms with Crippen molar-refractivity contribution in [2.24, 2.45) is 0 Å². The summed E-state index contributed by atoms with van der Waals surface area (Å²) in [7, 11) is 0. The Morgan fingerprint density at radius 1 is 1.43 bits per heavy atom. The van der Waals surface area contributed by atoms with E-state index < -0.39 is 10.5 Å². The Morgan fingerprint density at radius 3 is 2.86 bits per heavy atom. The van der Waals surface area contributed by atoms with Crippen LogP contribution in [0.25, 0.3) is 0 Å². The van der Waals surface area contributed by atoms with Crippen molar-refractivity contribution in [1.29, 1.82) is 0 Å². The molecule has 0 radical (unpaired) electrons. The summed E-state index contributed by atoms with van der Waals surface area (Å²) in [6.07, 6.45) is 2.36. The van der Waals surface area contributed by atoms with E-state index in [0.717, 1.165) is 31.6 Å². The highest BCUT2D eigenvalue weighted by molar-refractivity contribution is 5.59. The summed E-state index contributed by atoms with van der Waals surface area (Å²) in [4.78, 5) is 12.7. The fourth-order valence-corrected chi connectivity index (χ4v) is 2.64. The van der Waals surface area contributed by atoms with Crippen LogP contribution in [0.1, 0.15) is 33.1 Å². The third kappa shape index (κ3) is 3.85. The lowest BCUT2D eigenvalue weighted by Crippen LogP contribution is -2.28. The molecule has 0 bridgehead atoms. The summed E-state index contributed by atoms with van der Waals surface area (Å²) in [5, 5.41) is 21.1. The SMILES string of the molecule is CCOc1cc(N2CCCC(C)(O)CC2)ccc1[N+](=O)[O-]. The van der Waals surface area contributed by atoms with E-state index in [2.05, 4.69) is 4.90 Å². The van der Waals surface area contributed by atoms with Gasteiger partial charge in [0.25, 0.3) is 0 Å². The first-order valence-corrected chi connectivity index (χ1v) is 7.31. The van der Waals surface area contributed by atoms with Gasteiger partial charge < -0.3 is 14.7 Å². The van der Waals surface area contributed by atoms with E-state index >= 15 is 0 Å². The van der Waals surface area contributed by atoms with Gasteiger partial charge in [0.05, 0.1) is 17.1 Å². The zero-order valence-electron chi connectivity index (χ0n) is 12.5. The van der Waals surface area contributed by atoms with Crippen LogP contribution in [0.3, 0.4) is 0 Å². The topological polar surface area (TPSA) is 75.8 Å². The zero-order chi connectivity index (χ0) is 15.5. The molecule has 6 heteroatoms. The maximum Gasteiger partial charge on any atom is 0.311 e. The monoisotopic (exact) mass is 294 g/mol. The van der Waals surface area contributed by atoms with Crippen molar-refractivity contribution >= 4 is 11.4 Å². The van der Waals surface area contributed by atoms with Crippen LogP contribution in [0.2, 0.25) is 0 Å². The maximum absolute atomic E-state index is 11.0. The third-order valence-electron chi connectivity index (χ3n) is 3.87. The Bertz CT molecular complexity index is 516. The molecule has 0 amide bonds. The molecule has 6 nitrogen and oxygen atoms in total. The average molecular weight is 294 g/mol. The molecule has 1 aromatic rings. The quantitative estimate of drug-likeness (QED) is 0.682. The standard InChI is InChI=1S/C15H22N2O4/c1-3-21-14-11-12(5-6-13(14)17(19)20)16-9-4-7-15(2,18)8-10-16/h5-6,11,18H,3-4,7-10H2,1-2H3. The molecule has 0 aromatic heterocycles. The lowest BCUT2D eigenvalue weighted by Gasteiger charge is -2.24. The number of nitro benzene ring substituents is 1. The minimum absolute atomic E-state index is 0.0116. The summed E-state index contributed by atoms with van der Waals surface area (Å²) in [5.41, 5.74) is 0.266. The molecule has 1 aliphatic rings. The molecular formula is C15H22N2O4. The third-order valence-corrected chi connectivity index (χ3v) is 3.87. The summed E-state index contributed by atoms with van der Waals surface area (Å²) < 4.78 is 5.38. The molecule has 1 aliphatic heterocycles. The molecule has 0 spiro atoms. The lowest BCUT2D eigenvalue weighted by atomic mass is 9.98. The van der Waals surface area contributed by atoms with Gasteiger partial charge in [-0.15, -0.1) is 0 Å². The second kappa shape index (κ2) is 6.30. The highest BCUT2D eigenvalue weighted by Gasteiger charge is 2.26. The number of rotatable bonds is 4. The van der Waals surface area contributed by atoms with Crippen LogP contribution in [0, 0.1) is 10.1 Å². The molecule has 116 valence electrons. The zero-order valence-corrected chi connectivity index (χ0v) is 12.5. The van der Waals surface area contributed by atoms with Gasteiger partial charge in [0, 0.05) is 30.9 Å². The largest absolute Gasteiger partial charge is 0.487 e. The smallest absolute Gasteiger partial charge is 0.311 e. The second-order valence-electron chi connectivity index (χ2n) is 5.68. The second-order valence-corrected chi connectivity index (χ2v) is 5.68. The van der Waals surface area contributed by atoms with E-state index in [0.29, 0.717) is 18.8 Å². The molecule has 0 saturated carbocycles. The van der Waals surface area contributed by atoms with Crippen LogP contribution in [-0.4, -0.2) is 35.3 Å². The molecule has 2 rings (SSSR count). The van der Waals surface area contributed by atoms with Gasteiger partial charge >= 0.3 is 5.69 Å². The molecule has 0 aliphatic carbocycles. The van der Waals surface area contributed by atoms with Crippen LogP contribution in [-0.2, 0) is 0 Å². The number of aliphatic hydroxyl groups is 1. The van der Waals surface area contributed by atoms with Crippen LogP contribution < -0.4 is 9.64 Å². The van der Waals surface area contributed by atoms with E-state index in [1.165, 1.54) is 6.07 Å². The van der Waals surface area contributed by atoms with Crippen molar-refractivity contribution in [3.05, 3.63) is 28.3 Å². The molecular weight excluding hydrogens is 272 g/mol. The molecule has 1 aromatic carbocycles. The first kappa shape index (κ1) is 15.6. The fraction of sp³-hybridized carbons (Fsp3) is 0.600. The number of nitrogens with zero attached hydrogens (tertiary/aromatic N) is 2. The summed E-state index contributed by atoms with van der Waals surface area (Å²) >= 11 is 0. The van der Waals surface area contributed by atoms with Crippen LogP contribution in [0.15, 0.2) is 18.2 Å². The van der Waals surface area contributed by atoms with Gasteiger partial charge in [-0.2, -0.15) is 0 Å². The number of nitro groups is 1. The Kier molecular flexibility index (Phi) is 4.67. The molecule has 1 fully saturated rings. The molecule has 1 heterocycles. The van der Waals surface area contributed by atoms with E-state index in [-0.39, 0.29) is 5.69 Å². The lowest BCUT2D eigenvalue weighted by molar-refractivity contribution is -0.385. The Labute approximate surface area is 124 Å². The summed E-state index contributed by atoms with van der Waals surface area (Å²) in [6, 6.07) is 4.96. The fourth-order valence-electron chi connectivity index (χ4n) is 2.64. The average Bonchev–Trinajstić information content (AvgIpc) is 2.60. The highest BCUT2D eigenvalue weighted by Crippen LogP contribution is 2.33. The van der Waals surface area contributed by atoms with Crippen molar-refractivity contribution in [3.8, 4) is 5.75 Å². The van der Waals surface area contributed by atoms with Crippen molar-refractivity contribution in [1.82, 2.24) is 0 Å². The predicted octanol–water partition coefficient (Wildman–Crippen LogP) is 2.73. The summed E-state index contributed by atoms with van der Waals surface area (Å²) in [6.45, 7) is 5.62. The number of ether oxygens (including phenoxy) is 1. The first-order chi connectivity index (χ1) is 9.93. The van der Waals surface area contributed by atoms with Crippen molar-refractivity contribution in [2.45, 2.75) is 38.7 Å². The van der Waals surface area contributed by atoms with E-state index in [9.17, 15) is 15.2 Å². The van der Waals surface area contributed by atoms with E-state index in [1.54, 1.807) is 19.1 Å².